The van der Waals surface area contributed by atoms with Crippen LogP contribution < -0.4 is 11.1 Å². The van der Waals surface area contributed by atoms with E-state index in [0.29, 0.717) is 23.2 Å². The third-order valence-corrected chi connectivity index (χ3v) is 8.09. The molecular formula is C43H42N2O8. The summed E-state index contributed by atoms with van der Waals surface area (Å²) < 4.78 is 14.9. The molecule has 0 unspecified atom stereocenters. The quantitative estimate of drug-likeness (QED) is 0.0817. The molecular weight excluding hydrogens is 672 g/mol. The van der Waals surface area contributed by atoms with Gasteiger partial charge in [0.05, 0.1) is 24.5 Å². The molecule has 272 valence electrons. The van der Waals surface area contributed by atoms with Gasteiger partial charge in [-0.2, -0.15) is 0 Å². The van der Waals surface area contributed by atoms with Gasteiger partial charge in [-0.05, 0) is 103 Å². The van der Waals surface area contributed by atoms with Crippen molar-refractivity contribution in [3.8, 4) is 22.3 Å². The Kier molecular flexibility index (Phi) is 13.8. The van der Waals surface area contributed by atoms with E-state index >= 15 is 0 Å². The van der Waals surface area contributed by atoms with E-state index in [0.717, 1.165) is 38.9 Å². The Bertz CT molecular complexity index is 2010. The highest BCUT2D eigenvalue weighted by Crippen LogP contribution is 2.25. The minimum Gasteiger partial charge on any atom is -0.465 e. The maximum atomic E-state index is 12.9. The van der Waals surface area contributed by atoms with Crippen LogP contribution in [0, 0.1) is 5.41 Å². The molecule has 0 bridgehead atoms. The van der Waals surface area contributed by atoms with Crippen LogP contribution in [-0.2, 0) is 41.4 Å². The summed E-state index contributed by atoms with van der Waals surface area (Å²) in [5, 5.41) is 2.95. The van der Waals surface area contributed by atoms with Crippen LogP contribution in [0.4, 0.5) is 5.69 Å². The molecule has 0 spiro atoms. The molecule has 10 nitrogen and oxygen atoms in total. The normalized spacial score (nSPS) is 10.6. The number of primary amides is 1. The summed E-state index contributed by atoms with van der Waals surface area (Å²) in [6, 6.07) is 38.0. The Morgan fingerprint density at radius 1 is 0.660 bits per heavy atom. The summed E-state index contributed by atoms with van der Waals surface area (Å²) >= 11 is 0. The van der Waals surface area contributed by atoms with Crippen molar-refractivity contribution in [3.05, 3.63) is 149 Å². The van der Waals surface area contributed by atoms with Gasteiger partial charge in [0.15, 0.2) is 0 Å². The first-order chi connectivity index (χ1) is 25.4. The number of rotatable bonds is 11. The molecule has 0 aliphatic rings. The van der Waals surface area contributed by atoms with Gasteiger partial charge in [0.2, 0.25) is 13.2 Å². The van der Waals surface area contributed by atoms with E-state index in [2.05, 4.69) is 23.2 Å². The number of amides is 2. The van der Waals surface area contributed by atoms with E-state index < -0.39 is 24.1 Å². The molecule has 0 fully saturated rings. The molecule has 5 aromatic carbocycles. The zero-order valence-corrected chi connectivity index (χ0v) is 30.1. The molecule has 10 heteroatoms. The van der Waals surface area contributed by atoms with Gasteiger partial charge < -0.3 is 25.3 Å². The second kappa shape index (κ2) is 18.6. The highest BCUT2D eigenvalue weighted by molar-refractivity contribution is 6.04. The third kappa shape index (κ3) is 11.5. The van der Waals surface area contributed by atoms with Gasteiger partial charge in [-0.15, -0.1) is 0 Å². The summed E-state index contributed by atoms with van der Waals surface area (Å²) in [6.07, 6.45) is 0.958. The molecule has 0 aliphatic heterocycles. The van der Waals surface area contributed by atoms with Crippen LogP contribution in [0.25, 0.3) is 22.3 Å². The van der Waals surface area contributed by atoms with Crippen LogP contribution in [0.1, 0.15) is 58.2 Å². The van der Waals surface area contributed by atoms with Crippen LogP contribution in [0.5, 0.6) is 0 Å². The number of esters is 3. The van der Waals surface area contributed by atoms with E-state index in [9.17, 15) is 19.2 Å². The maximum absolute atomic E-state index is 12.9. The first-order valence-corrected chi connectivity index (χ1v) is 16.8. The highest BCUT2D eigenvalue weighted by Gasteiger charge is 2.23. The van der Waals surface area contributed by atoms with Crippen LogP contribution in [-0.4, -0.2) is 44.1 Å². The Morgan fingerprint density at radius 3 is 1.64 bits per heavy atom. The number of carbonyl (C=O) groups excluding carboxylic acids is 5. The van der Waals surface area contributed by atoms with Crippen molar-refractivity contribution in [2.45, 2.75) is 33.6 Å². The average molecular weight is 715 g/mol. The van der Waals surface area contributed by atoms with Crippen molar-refractivity contribution in [2.75, 3.05) is 19.2 Å². The van der Waals surface area contributed by atoms with Gasteiger partial charge in [0.25, 0.3) is 5.91 Å². The van der Waals surface area contributed by atoms with E-state index in [1.54, 1.807) is 45.0 Å². The summed E-state index contributed by atoms with van der Waals surface area (Å²) in [6.45, 7) is 4.80. The second-order valence-electron chi connectivity index (χ2n) is 12.9. The summed E-state index contributed by atoms with van der Waals surface area (Å²) in [5.74, 6) is -1.50. The lowest BCUT2D eigenvalue weighted by Gasteiger charge is -2.16. The van der Waals surface area contributed by atoms with Gasteiger partial charge in [-0.1, -0.05) is 84.9 Å². The molecule has 5 aromatic rings. The Balaban J connectivity index is 0.00000202. The fourth-order valence-corrected chi connectivity index (χ4v) is 5.19. The van der Waals surface area contributed by atoms with E-state index in [4.69, 9.17) is 19.0 Å². The van der Waals surface area contributed by atoms with Crippen molar-refractivity contribution in [1.82, 2.24) is 0 Å². The van der Waals surface area contributed by atoms with Crippen molar-refractivity contribution < 1.29 is 38.2 Å². The van der Waals surface area contributed by atoms with Gasteiger partial charge >= 0.3 is 17.9 Å². The number of carbonyl (C=O) groups is 5. The monoisotopic (exact) mass is 714 g/mol. The molecule has 2 amide bonds. The molecule has 3 N–H and O–H groups in total. The number of ether oxygens (including phenoxy) is 3. The predicted octanol–water partition coefficient (Wildman–Crippen LogP) is 7.38. The molecule has 0 saturated carbocycles. The lowest BCUT2D eigenvalue weighted by Crippen LogP contribution is -2.25. The maximum Gasteiger partial charge on any atom is 0.337 e. The fourth-order valence-electron chi connectivity index (χ4n) is 5.19. The van der Waals surface area contributed by atoms with Crippen LogP contribution in [0.15, 0.2) is 121 Å². The van der Waals surface area contributed by atoms with Gasteiger partial charge in [0.1, 0.15) is 0 Å². The lowest BCUT2D eigenvalue weighted by atomic mass is 9.96. The first-order valence-electron chi connectivity index (χ1n) is 16.8. The van der Waals surface area contributed by atoms with Crippen molar-refractivity contribution in [2.24, 2.45) is 11.1 Å². The summed E-state index contributed by atoms with van der Waals surface area (Å²) in [4.78, 5) is 57.6. The lowest BCUT2D eigenvalue weighted by molar-refractivity contribution is -0.172. The molecule has 5 rings (SSSR count). The van der Waals surface area contributed by atoms with Gasteiger partial charge in [0, 0.05) is 11.3 Å². The molecule has 0 saturated heterocycles. The van der Waals surface area contributed by atoms with Crippen LogP contribution >= 0.6 is 0 Å². The molecule has 0 aromatic heterocycles. The molecule has 0 atom stereocenters. The molecule has 0 radical (unpaired) electrons. The Hall–Kier alpha value is -6.55. The average Bonchev–Trinajstić information content (AvgIpc) is 3.16. The van der Waals surface area contributed by atoms with Crippen LogP contribution in [0.2, 0.25) is 0 Å². The zero-order valence-electron chi connectivity index (χ0n) is 30.1. The molecule has 53 heavy (non-hydrogen) atoms. The number of anilines is 1. The highest BCUT2D eigenvalue weighted by atomic mass is 16.7. The van der Waals surface area contributed by atoms with E-state index in [-0.39, 0.29) is 24.7 Å². The Labute approximate surface area is 308 Å². The summed E-state index contributed by atoms with van der Waals surface area (Å²) in [7, 11) is 1.35. The second-order valence-corrected chi connectivity index (χ2v) is 12.9. The molecule has 0 aliphatic carbocycles. The standard InChI is InChI=1S/C42H39NO7.CH3NO/c1-42(2,3)41(47)50-27-49-38(44)26-36-8-6-5-7-35(36)25-28-9-11-29(12-10-28)32-21-23-37(24-22-32)43-39(45)33-17-13-30(14-18-33)31-15-19-34(20-16-31)40(46)48-4;2-1-3/h5-24H,25-27H2,1-4H3,(H,43,45);1H,(H2,2,3). The van der Waals surface area contributed by atoms with E-state index in [1.165, 1.54) is 7.11 Å². The molecule has 0 heterocycles. The number of hydrogen-bond donors (Lipinski definition) is 2. The number of methoxy groups -OCH3 is 1. The van der Waals surface area contributed by atoms with Crippen molar-refractivity contribution >= 4 is 35.9 Å². The van der Waals surface area contributed by atoms with Crippen LogP contribution in [0.3, 0.4) is 0 Å². The zero-order chi connectivity index (χ0) is 38.4. The number of nitrogens with two attached hydrogens (primary N) is 1. The van der Waals surface area contributed by atoms with Gasteiger partial charge in [-0.3, -0.25) is 19.2 Å². The number of benzene rings is 5. The third-order valence-electron chi connectivity index (χ3n) is 8.09. The number of hydrogen-bond acceptors (Lipinski definition) is 8. The minimum absolute atomic E-state index is 0.0731. The minimum atomic E-state index is -0.670. The first kappa shape index (κ1) is 39.2. The van der Waals surface area contributed by atoms with Crippen molar-refractivity contribution in [3.63, 3.8) is 0 Å². The summed E-state index contributed by atoms with van der Waals surface area (Å²) in [5.41, 5.74) is 12.0. The Morgan fingerprint density at radius 2 is 1.13 bits per heavy atom. The largest absolute Gasteiger partial charge is 0.465 e. The van der Waals surface area contributed by atoms with Crippen molar-refractivity contribution in [1.29, 1.82) is 0 Å². The fraction of sp³-hybridized carbons (Fsp3) is 0.186. The topological polar surface area (TPSA) is 151 Å². The predicted molar refractivity (Wildman–Crippen MR) is 203 cm³/mol. The smallest absolute Gasteiger partial charge is 0.337 e. The SMILES string of the molecule is COC(=O)c1ccc(-c2ccc(C(=O)Nc3ccc(-c4ccc(Cc5ccccc5CC(=O)OCOC(=O)C(C)(C)C)cc4)cc3)cc2)cc1.NC=O. The number of nitrogens with one attached hydrogen (secondary N) is 1. The van der Waals surface area contributed by atoms with E-state index in [1.807, 2.05) is 84.9 Å². The van der Waals surface area contributed by atoms with Gasteiger partial charge in [-0.25, -0.2) is 4.79 Å².